The number of hydrogen-bond acceptors (Lipinski definition) is 6. The summed E-state index contributed by atoms with van der Waals surface area (Å²) in [7, 11) is -3.30. The van der Waals surface area contributed by atoms with Gasteiger partial charge in [0.1, 0.15) is 11.6 Å². The molecule has 4 rings (SSSR count). The van der Waals surface area contributed by atoms with Gasteiger partial charge in [0.25, 0.3) is 0 Å². The van der Waals surface area contributed by atoms with Crippen LogP contribution in [0.5, 0.6) is 0 Å². The number of nitrogens with one attached hydrogen (secondary N) is 1. The van der Waals surface area contributed by atoms with Gasteiger partial charge >= 0.3 is 0 Å². The lowest BCUT2D eigenvalue weighted by Crippen LogP contribution is -2.40. The van der Waals surface area contributed by atoms with Gasteiger partial charge in [-0.05, 0) is 37.6 Å². The number of fused-ring (bicyclic) bond motifs is 1. The number of anilines is 2. The van der Waals surface area contributed by atoms with Crippen LogP contribution < -0.4 is 10.2 Å². The quantitative estimate of drug-likeness (QED) is 0.750. The number of aryl methyl sites for hydroxylation is 2. The Morgan fingerprint density at radius 2 is 1.97 bits per heavy atom. The molecular formula is C21H21F2N3O3S2. The predicted molar refractivity (Wildman–Crippen MR) is 120 cm³/mol. The Hall–Kier alpha value is -2.46. The fourth-order valence-electron chi connectivity index (χ4n) is 3.86. The number of sulfone groups is 1. The maximum absolute atomic E-state index is 14.5. The third-order valence-corrected chi connectivity index (χ3v) is 7.93. The SMILES string of the molecule is Cc1ccc(NC(=O)CSC2=NC3CS(=O)(=O)CC3N2c2ccc(F)cc2F)c(C)c1. The fraction of sp³-hybridized carbons (Fsp3) is 0.333. The van der Waals surface area contributed by atoms with Gasteiger partial charge in [-0.15, -0.1) is 0 Å². The van der Waals surface area contributed by atoms with Crippen LogP contribution in [0.1, 0.15) is 11.1 Å². The van der Waals surface area contributed by atoms with Crippen molar-refractivity contribution in [2.45, 2.75) is 25.9 Å². The Kier molecular flexibility index (Phi) is 5.78. The Balaban J connectivity index is 1.53. The molecule has 0 saturated carbocycles. The van der Waals surface area contributed by atoms with Gasteiger partial charge < -0.3 is 10.2 Å². The van der Waals surface area contributed by atoms with Crippen LogP contribution in [-0.4, -0.2) is 48.8 Å². The van der Waals surface area contributed by atoms with Crippen LogP contribution in [-0.2, 0) is 14.6 Å². The largest absolute Gasteiger partial charge is 0.325 e. The molecule has 31 heavy (non-hydrogen) atoms. The average molecular weight is 466 g/mol. The molecule has 0 radical (unpaired) electrons. The van der Waals surface area contributed by atoms with Crippen molar-refractivity contribution in [3.8, 4) is 0 Å². The highest BCUT2D eigenvalue weighted by Crippen LogP contribution is 2.36. The number of aliphatic imine (C=N–C) groups is 1. The number of carbonyl (C=O) groups excluding carboxylic acids is 1. The zero-order valence-electron chi connectivity index (χ0n) is 16.9. The summed E-state index contributed by atoms with van der Waals surface area (Å²) < 4.78 is 52.1. The minimum Gasteiger partial charge on any atom is -0.325 e. The van der Waals surface area contributed by atoms with Crippen LogP contribution in [0.4, 0.5) is 20.2 Å². The summed E-state index contributed by atoms with van der Waals surface area (Å²) in [6, 6.07) is 7.71. The highest BCUT2D eigenvalue weighted by atomic mass is 32.2. The van der Waals surface area contributed by atoms with Crippen molar-refractivity contribution in [2.75, 3.05) is 27.5 Å². The van der Waals surface area contributed by atoms with Gasteiger partial charge in [0, 0.05) is 11.8 Å². The summed E-state index contributed by atoms with van der Waals surface area (Å²) in [5.41, 5.74) is 2.77. The maximum atomic E-state index is 14.5. The lowest BCUT2D eigenvalue weighted by molar-refractivity contribution is -0.113. The van der Waals surface area contributed by atoms with Crippen molar-refractivity contribution in [3.05, 3.63) is 59.2 Å². The molecule has 0 aromatic heterocycles. The normalized spacial score (nSPS) is 21.7. The molecule has 10 heteroatoms. The molecule has 1 fully saturated rings. The molecule has 0 spiro atoms. The van der Waals surface area contributed by atoms with Crippen molar-refractivity contribution in [1.82, 2.24) is 0 Å². The van der Waals surface area contributed by atoms with Crippen molar-refractivity contribution in [3.63, 3.8) is 0 Å². The van der Waals surface area contributed by atoms with E-state index in [1.807, 2.05) is 32.0 Å². The lowest BCUT2D eigenvalue weighted by Gasteiger charge is -2.26. The first kappa shape index (κ1) is 21.8. The van der Waals surface area contributed by atoms with Gasteiger partial charge in [-0.25, -0.2) is 17.2 Å². The van der Waals surface area contributed by atoms with Gasteiger partial charge in [0.05, 0.1) is 35.0 Å². The van der Waals surface area contributed by atoms with Crippen LogP contribution in [0, 0.1) is 25.5 Å². The molecule has 0 bridgehead atoms. The predicted octanol–water partition coefficient (Wildman–Crippen LogP) is 3.30. The van der Waals surface area contributed by atoms with Gasteiger partial charge in [-0.3, -0.25) is 9.79 Å². The van der Waals surface area contributed by atoms with E-state index in [1.54, 1.807) is 0 Å². The molecular weight excluding hydrogens is 444 g/mol. The molecule has 2 aromatic rings. The molecule has 1 N–H and O–H groups in total. The number of rotatable bonds is 4. The molecule has 2 aliphatic heterocycles. The van der Waals surface area contributed by atoms with Crippen molar-refractivity contribution in [2.24, 2.45) is 4.99 Å². The minimum atomic E-state index is -3.30. The number of carbonyl (C=O) groups is 1. The van der Waals surface area contributed by atoms with E-state index < -0.39 is 33.6 Å². The second-order valence-electron chi connectivity index (χ2n) is 7.74. The first-order chi connectivity index (χ1) is 14.6. The van der Waals surface area contributed by atoms with E-state index in [0.717, 1.165) is 35.0 Å². The van der Waals surface area contributed by atoms with E-state index in [4.69, 9.17) is 0 Å². The summed E-state index contributed by atoms with van der Waals surface area (Å²) >= 11 is 1.10. The smallest absolute Gasteiger partial charge is 0.234 e. The molecule has 2 heterocycles. The minimum absolute atomic E-state index is 0.0116. The number of halogens is 2. The first-order valence-electron chi connectivity index (χ1n) is 9.65. The number of amidine groups is 1. The van der Waals surface area contributed by atoms with Gasteiger partial charge in [0.15, 0.2) is 15.0 Å². The zero-order chi connectivity index (χ0) is 22.3. The second-order valence-corrected chi connectivity index (χ2v) is 10.8. The molecule has 6 nitrogen and oxygen atoms in total. The van der Waals surface area contributed by atoms with Crippen LogP contribution >= 0.6 is 11.8 Å². The number of nitrogens with zero attached hydrogens (tertiary/aromatic N) is 2. The number of thioether (sulfide) groups is 1. The van der Waals surface area contributed by atoms with E-state index in [9.17, 15) is 22.0 Å². The van der Waals surface area contributed by atoms with Crippen molar-refractivity contribution in [1.29, 1.82) is 0 Å². The molecule has 1 saturated heterocycles. The topological polar surface area (TPSA) is 78.8 Å². The lowest BCUT2D eigenvalue weighted by atomic mass is 10.1. The molecule has 1 amide bonds. The average Bonchev–Trinajstić information content (AvgIpc) is 3.14. The summed E-state index contributed by atoms with van der Waals surface area (Å²) in [5.74, 6) is -2.08. The fourth-order valence-corrected chi connectivity index (χ4v) is 6.62. The molecule has 2 atom stereocenters. The number of amides is 1. The van der Waals surface area contributed by atoms with Crippen molar-refractivity contribution >= 4 is 44.0 Å². The Labute approximate surface area is 183 Å². The third kappa shape index (κ3) is 4.59. The van der Waals surface area contributed by atoms with E-state index in [2.05, 4.69) is 10.3 Å². The van der Waals surface area contributed by atoms with Crippen LogP contribution in [0.3, 0.4) is 0 Å². The van der Waals surface area contributed by atoms with E-state index in [-0.39, 0.29) is 28.9 Å². The van der Waals surface area contributed by atoms with E-state index in [0.29, 0.717) is 10.9 Å². The molecule has 2 aromatic carbocycles. The summed E-state index contributed by atoms with van der Waals surface area (Å²) in [4.78, 5) is 18.4. The van der Waals surface area contributed by atoms with Gasteiger partial charge in [-0.1, -0.05) is 29.5 Å². The Bertz CT molecular complexity index is 1180. The maximum Gasteiger partial charge on any atom is 0.234 e. The highest BCUT2D eigenvalue weighted by Gasteiger charge is 2.47. The Morgan fingerprint density at radius 3 is 2.68 bits per heavy atom. The number of benzene rings is 2. The third-order valence-electron chi connectivity index (χ3n) is 5.27. The van der Waals surface area contributed by atoms with Crippen LogP contribution in [0.25, 0.3) is 0 Å². The molecule has 0 aliphatic carbocycles. The summed E-state index contributed by atoms with van der Waals surface area (Å²) in [5, 5.41) is 3.20. The van der Waals surface area contributed by atoms with Crippen molar-refractivity contribution < 1.29 is 22.0 Å². The van der Waals surface area contributed by atoms with E-state index >= 15 is 0 Å². The second kappa shape index (κ2) is 8.23. The zero-order valence-corrected chi connectivity index (χ0v) is 18.6. The molecule has 2 aliphatic rings. The Morgan fingerprint density at radius 1 is 1.19 bits per heavy atom. The summed E-state index contributed by atoms with van der Waals surface area (Å²) in [6.07, 6.45) is 0. The molecule has 164 valence electrons. The van der Waals surface area contributed by atoms with E-state index in [1.165, 1.54) is 11.0 Å². The summed E-state index contributed by atoms with van der Waals surface area (Å²) in [6.45, 7) is 3.87. The van der Waals surface area contributed by atoms with Gasteiger partial charge in [0.2, 0.25) is 5.91 Å². The molecule has 2 unspecified atom stereocenters. The first-order valence-corrected chi connectivity index (χ1v) is 12.5. The standard InChI is InChI=1S/C21H21F2N3O3S2/c1-12-3-5-16(13(2)7-12)24-20(27)9-30-21-25-17-10-31(28,29)11-19(17)26(21)18-6-4-14(22)8-15(18)23/h3-8,17,19H,9-11H2,1-2H3,(H,24,27). The number of hydrogen-bond donors (Lipinski definition) is 1. The monoisotopic (exact) mass is 465 g/mol. The highest BCUT2D eigenvalue weighted by molar-refractivity contribution is 8.14. The van der Waals surface area contributed by atoms with Crippen LogP contribution in [0.15, 0.2) is 41.4 Å². The van der Waals surface area contributed by atoms with Gasteiger partial charge in [-0.2, -0.15) is 0 Å². The van der Waals surface area contributed by atoms with Crippen LogP contribution in [0.2, 0.25) is 0 Å².